The van der Waals surface area contributed by atoms with Crippen LogP contribution in [0.2, 0.25) is 0 Å². The molecule has 5 nitrogen and oxygen atoms in total. The topological polar surface area (TPSA) is 83.5 Å². The van der Waals surface area contributed by atoms with Crippen molar-refractivity contribution in [2.75, 3.05) is 4.72 Å². The number of sulfonamides is 1. The van der Waals surface area contributed by atoms with Gasteiger partial charge in [-0.2, -0.15) is 0 Å². The highest BCUT2D eigenvalue weighted by atomic mass is 79.9. The Morgan fingerprint density at radius 2 is 1.65 bits per heavy atom. The van der Waals surface area contributed by atoms with Crippen LogP contribution in [0.25, 0.3) is 6.08 Å². The van der Waals surface area contributed by atoms with Crippen molar-refractivity contribution in [3.63, 3.8) is 0 Å². The van der Waals surface area contributed by atoms with Gasteiger partial charge in [0.1, 0.15) is 5.75 Å². The van der Waals surface area contributed by atoms with Crippen molar-refractivity contribution < 1.29 is 18.3 Å². The highest BCUT2D eigenvalue weighted by molar-refractivity contribution is 9.10. The molecule has 0 saturated heterocycles. The van der Waals surface area contributed by atoms with E-state index in [9.17, 15) is 18.3 Å². The standard InChI is InChI=1S/C24H20BrNO4S/c1-15-3-8-19(9-4-15)31(29,30)26-18-7-11-22(27)21(14-18)24(2)20-10-6-17(25)13-16(20)5-12-23(24)28/h3-14,26-27H,1-2H3/t24-/m1/s1. The first-order chi connectivity index (χ1) is 14.6. The first-order valence-corrected chi connectivity index (χ1v) is 11.8. The number of phenols is 1. The van der Waals surface area contributed by atoms with Crippen molar-refractivity contribution in [2.45, 2.75) is 24.2 Å². The summed E-state index contributed by atoms with van der Waals surface area (Å²) in [6.45, 7) is 3.61. The molecule has 0 saturated carbocycles. The number of fused-ring (bicyclic) bond motifs is 1. The van der Waals surface area contributed by atoms with Crippen molar-refractivity contribution in [3.05, 3.63) is 93.5 Å². The maximum atomic E-state index is 13.0. The number of allylic oxidation sites excluding steroid dienone is 1. The zero-order chi connectivity index (χ0) is 22.4. The van der Waals surface area contributed by atoms with Gasteiger partial charge < -0.3 is 5.11 Å². The quantitative estimate of drug-likeness (QED) is 0.487. The fourth-order valence-electron chi connectivity index (χ4n) is 3.80. The lowest BCUT2D eigenvalue weighted by Crippen LogP contribution is -2.35. The third kappa shape index (κ3) is 3.79. The summed E-state index contributed by atoms with van der Waals surface area (Å²) in [4.78, 5) is 13.1. The average molecular weight is 498 g/mol. The molecule has 3 aromatic rings. The number of carbonyl (C=O) groups excluding carboxylic acids is 1. The van der Waals surface area contributed by atoms with E-state index in [1.807, 2.05) is 25.1 Å². The smallest absolute Gasteiger partial charge is 0.261 e. The van der Waals surface area contributed by atoms with Gasteiger partial charge in [-0.1, -0.05) is 45.8 Å². The highest BCUT2D eigenvalue weighted by Gasteiger charge is 2.41. The Hall–Kier alpha value is -2.90. The fraction of sp³-hybridized carbons (Fsp3) is 0.125. The molecule has 0 unspecified atom stereocenters. The Labute approximate surface area is 189 Å². The molecule has 4 rings (SSSR count). The lowest BCUT2D eigenvalue weighted by Gasteiger charge is -2.33. The summed E-state index contributed by atoms with van der Waals surface area (Å²) in [7, 11) is -3.83. The van der Waals surface area contributed by atoms with Gasteiger partial charge >= 0.3 is 0 Å². The molecule has 158 valence electrons. The van der Waals surface area contributed by atoms with E-state index in [-0.39, 0.29) is 22.1 Å². The third-order valence-corrected chi connectivity index (χ3v) is 7.47. The van der Waals surface area contributed by atoms with Gasteiger partial charge in [-0.25, -0.2) is 8.42 Å². The molecule has 7 heteroatoms. The number of halogens is 1. The molecule has 0 heterocycles. The predicted molar refractivity (Wildman–Crippen MR) is 125 cm³/mol. The summed E-state index contributed by atoms with van der Waals surface area (Å²) in [5.74, 6) is -0.283. The van der Waals surface area contributed by atoms with Gasteiger partial charge in [-0.15, -0.1) is 0 Å². The first kappa shape index (κ1) is 21.3. The van der Waals surface area contributed by atoms with Crippen LogP contribution in [0.5, 0.6) is 5.75 Å². The molecule has 0 bridgehead atoms. The van der Waals surface area contributed by atoms with Gasteiger partial charge in [-0.05, 0) is 73.5 Å². The number of benzene rings is 3. The Morgan fingerprint density at radius 1 is 0.935 bits per heavy atom. The molecule has 1 aliphatic rings. The van der Waals surface area contributed by atoms with Crippen molar-refractivity contribution >= 4 is 43.5 Å². The zero-order valence-corrected chi connectivity index (χ0v) is 19.3. The molecule has 3 aromatic carbocycles. The molecule has 0 amide bonds. The van der Waals surface area contributed by atoms with E-state index in [0.29, 0.717) is 5.56 Å². The van der Waals surface area contributed by atoms with Gasteiger partial charge in [-0.3, -0.25) is 9.52 Å². The predicted octanol–water partition coefficient (Wildman–Crippen LogP) is 5.17. The molecule has 31 heavy (non-hydrogen) atoms. The zero-order valence-electron chi connectivity index (χ0n) is 16.9. The van der Waals surface area contributed by atoms with Crippen LogP contribution < -0.4 is 4.72 Å². The summed E-state index contributed by atoms with van der Waals surface area (Å²) in [6.07, 6.45) is 3.22. The minimum Gasteiger partial charge on any atom is -0.508 e. The van der Waals surface area contributed by atoms with Gasteiger partial charge in [0.25, 0.3) is 10.0 Å². The lowest BCUT2D eigenvalue weighted by molar-refractivity contribution is -0.118. The van der Waals surface area contributed by atoms with Gasteiger partial charge in [0.2, 0.25) is 0 Å². The molecule has 0 radical (unpaired) electrons. The molecule has 1 atom stereocenters. The molecule has 2 N–H and O–H groups in total. The van der Waals surface area contributed by atoms with Gasteiger partial charge in [0, 0.05) is 15.7 Å². The number of nitrogens with one attached hydrogen (secondary N) is 1. The average Bonchev–Trinajstić information content (AvgIpc) is 2.72. The van der Waals surface area contributed by atoms with Crippen LogP contribution in [0.1, 0.15) is 29.2 Å². The normalized spacial score (nSPS) is 18.0. The van der Waals surface area contributed by atoms with Crippen molar-refractivity contribution in [2.24, 2.45) is 0 Å². The molecule has 0 fully saturated rings. The summed E-state index contributed by atoms with van der Waals surface area (Å²) in [6, 6.07) is 16.5. The summed E-state index contributed by atoms with van der Waals surface area (Å²) in [5.41, 5.74) is 1.96. The van der Waals surface area contributed by atoms with Gasteiger partial charge in [0.15, 0.2) is 5.78 Å². The number of rotatable bonds is 4. The maximum absolute atomic E-state index is 13.0. The van der Waals surface area contributed by atoms with Crippen LogP contribution >= 0.6 is 15.9 Å². The lowest BCUT2D eigenvalue weighted by atomic mass is 9.68. The summed E-state index contributed by atoms with van der Waals surface area (Å²) in [5, 5.41) is 10.6. The number of ketones is 1. The number of carbonyl (C=O) groups is 1. The second kappa shape index (κ2) is 7.66. The summed E-state index contributed by atoms with van der Waals surface area (Å²) < 4.78 is 29.0. The third-order valence-electron chi connectivity index (χ3n) is 5.58. The molecule has 0 aliphatic heterocycles. The van der Waals surface area contributed by atoms with Crippen LogP contribution in [-0.4, -0.2) is 19.3 Å². The second-order valence-corrected chi connectivity index (χ2v) is 10.3. The summed E-state index contributed by atoms with van der Waals surface area (Å²) >= 11 is 3.44. The molecule has 0 aromatic heterocycles. The van der Waals surface area contributed by atoms with Crippen LogP contribution in [0, 0.1) is 6.92 Å². The molecular formula is C24H20BrNO4S. The SMILES string of the molecule is Cc1ccc(S(=O)(=O)Nc2ccc(O)c([C@]3(C)C(=O)C=Cc4cc(Br)ccc43)c2)cc1. The number of aromatic hydroxyl groups is 1. The maximum Gasteiger partial charge on any atom is 0.261 e. The number of aryl methyl sites for hydroxylation is 1. The van der Waals surface area contributed by atoms with E-state index in [1.54, 1.807) is 25.1 Å². The van der Waals surface area contributed by atoms with E-state index in [1.165, 1.54) is 36.4 Å². The Bertz CT molecular complexity index is 1330. The van der Waals surface area contributed by atoms with E-state index in [0.717, 1.165) is 21.2 Å². The van der Waals surface area contributed by atoms with Crippen LogP contribution in [-0.2, 0) is 20.2 Å². The Kier molecular flexibility index (Phi) is 5.27. The van der Waals surface area contributed by atoms with Crippen LogP contribution in [0.3, 0.4) is 0 Å². The minimum atomic E-state index is -3.83. The number of hydrogen-bond donors (Lipinski definition) is 2. The van der Waals surface area contributed by atoms with E-state index >= 15 is 0 Å². The molecule has 1 aliphatic carbocycles. The molecule has 0 spiro atoms. The number of phenolic OH excluding ortho intramolecular Hbond substituents is 1. The van der Waals surface area contributed by atoms with Crippen molar-refractivity contribution in [1.29, 1.82) is 0 Å². The number of hydrogen-bond acceptors (Lipinski definition) is 4. The van der Waals surface area contributed by atoms with Crippen molar-refractivity contribution in [1.82, 2.24) is 0 Å². The fourth-order valence-corrected chi connectivity index (χ4v) is 5.23. The second-order valence-electron chi connectivity index (χ2n) is 7.70. The van der Waals surface area contributed by atoms with E-state index in [2.05, 4.69) is 20.7 Å². The van der Waals surface area contributed by atoms with Crippen molar-refractivity contribution in [3.8, 4) is 5.75 Å². The minimum absolute atomic E-state index is 0.0849. The van der Waals surface area contributed by atoms with Gasteiger partial charge in [0.05, 0.1) is 10.3 Å². The van der Waals surface area contributed by atoms with E-state index < -0.39 is 15.4 Å². The van der Waals surface area contributed by atoms with Crippen LogP contribution in [0.4, 0.5) is 5.69 Å². The van der Waals surface area contributed by atoms with Crippen LogP contribution in [0.15, 0.2) is 76.1 Å². The first-order valence-electron chi connectivity index (χ1n) is 9.57. The highest BCUT2D eigenvalue weighted by Crippen LogP contribution is 2.44. The Morgan fingerprint density at radius 3 is 2.35 bits per heavy atom. The largest absolute Gasteiger partial charge is 0.508 e. The van der Waals surface area contributed by atoms with E-state index in [4.69, 9.17) is 0 Å². The molecular weight excluding hydrogens is 478 g/mol. The number of anilines is 1. The Balaban J connectivity index is 1.79. The monoisotopic (exact) mass is 497 g/mol.